The van der Waals surface area contributed by atoms with Gasteiger partial charge >= 0.3 is 0 Å². The summed E-state index contributed by atoms with van der Waals surface area (Å²) in [5, 5.41) is 5.93. The first-order chi connectivity index (χ1) is 8.16. The van der Waals surface area contributed by atoms with Crippen molar-refractivity contribution in [3.63, 3.8) is 0 Å². The number of hydrogen-bond donors (Lipinski definition) is 2. The van der Waals surface area contributed by atoms with Crippen molar-refractivity contribution < 1.29 is 13.9 Å². The third-order valence-corrected chi connectivity index (χ3v) is 2.61. The number of aromatic nitrogens is 1. The van der Waals surface area contributed by atoms with Crippen LogP contribution < -0.4 is 10.6 Å². The molecule has 0 radical (unpaired) electrons. The zero-order valence-electron chi connectivity index (χ0n) is 10.0. The number of oxazole rings is 1. The standard InChI is InChI=1S/C11H17N3O3/c1-7-5-13-11(17-7)8(2)14-10(15)9-6-16-4-3-12-9/h5,8-9,12H,3-4,6H2,1-2H3,(H,14,15). The molecule has 17 heavy (non-hydrogen) atoms. The Morgan fingerprint density at radius 1 is 1.71 bits per heavy atom. The van der Waals surface area contributed by atoms with Crippen molar-refractivity contribution >= 4 is 5.91 Å². The van der Waals surface area contributed by atoms with E-state index >= 15 is 0 Å². The van der Waals surface area contributed by atoms with E-state index in [9.17, 15) is 4.79 Å². The number of nitrogens with zero attached hydrogens (tertiary/aromatic N) is 1. The van der Waals surface area contributed by atoms with E-state index in [4.69, 9.17) is 9.15 Å². The largest absolute Gasteiger partial charge is 0.444 e. The number of amides is 1. The second-order valence-electron chi connectivity index (χ2n) is 4.12. The molecule has 1 aromatic heterocycles. The first-order valence-electron chi connectivity index (χ1n) is 5.70. The molecule has 6 nitrogen and oxygen atoms in total. The second kappa shape index (κ2) is 5.29. The van der Waals surface area contributed by atoms with Gasteiger partial charge in [-0.2, -0.15) is 0 Å². The molecule has 2 heterocycles. The molecule has 0 bridgehead atoms. The molecule has 0 aliphatic carbocycles. The first-order valence-corrected chi connectivity index (χ1v) is 5.70. The van der Waals surface area contributed by atoms with Gasteiger partial charge in [0.2, 0.25) is 11.8 Å². The van der Waals surface area contributed by atoms with Crippen LogP contribution in [0.5, 0.6) is 0 Å². The maximum atomic E-state index is 11.9. The molecule has 2 rings (SSSR count). The van der Waals surface area contributed by atoms with Crippen molar-refractivity contribution in [1.82, 2.24) is 15.6 Å². The smallest absolute Gasteiger partial charge is 0.240 e. The van der Waals surface area contributed by atoms with Gasteiger partial charge in [0.25, 0.3) is 0 Å². The van der Waals surface area contributed by atoms with Gasteiger partial charge in [-0.05, 0) is 13.8 Å². The van der Waals surface area contributed by atoms with Gasteiger partial charge in [0.05, 0.1) is 19.4 Å². The summed E-state index contributed by atoms with van der Waals surface area (Å²) in [6, 6.07) is -0.526. The highest BCUT2D eigenvalue weighted by atomic mass is 16.5. The van der Waals surface area contributed by atoms with Crippen LogP contribution in [0.2, 0.25) is 0 Å². The van der Waals surface area contributed by atoms with Crippen LogP contribution >= 0.6 is 0 Å². The topological polar surface area (TPSA) is 76.4 Å². The van der Waals surface area contributed by atoms with E-state index in [-0.39, 0.29) is 18.0 Å². The number of rotatable bonds is 3. The third-order valence-electron chi connectivity index (χ3n) is 2.61. The minimum Gasteiger partial charge on any atom is -0.444 e. The Morgan fingerprint density at radius 2 is 2.53 bits per heavy atom. The van der Waals surface area contributed by atoms with Crippen molar-refractivity contribution in [2.75, 3.05) is 19.8 Å². The summed E-state index contributed by atoms with van der Waals surface area (Å²) < 4.78 is 10.6. The summed E-state index contributed by atoms with van der Waals surface area (Å²) in [5.41, 5.74) is 0. The Morgan fingerprint density at radius 3 is 3.12 bits per heavy atom. The molecule has 1 aliphatic rings. The van der Waals surface area contributed by atoms with E-state index in [1.54, 1.807) is 6.20 Å². The number of aryl methyl sites for hydroxylation is 1. The van der Waals surface area contributed by atoms with Gasteiger partial charge in [0.15, 0.2) is 0 Å². The highest BCUT2D eigenvalue weighted by molar-refractivity contribution is 5.82. The maximum Gasteiger partial charge on any atom is 0.240 e. The van der Waals surface area contributed by atoms with Crippen molar-refractivity contribution in [2.24, 2.45) is 0 Å². The second-order valence-corrected chi connectivity index (χ2v) is 4.12. The van der Waals surface area contributed by atoms with Crippen LogP contribution in [0.15, 0.2) is 10.6 Å². The zero-order valence-corrected chi connectivity index (χ0v) is 10.0. The summed E-state index contributed by atoms with van der Waals surface area (Å²) in [6.07, 6.45) is 1.64. The van der Waals surface area contributed by atoms with Crippen LogP contribution in [0.1, 0.15) is 24.6 Å². The van der Waals surface area contributed by atoms with Gasteiger partial charge < -0.3 is 19.8 Å². The van der Waals surface area contributed by atoms with E-state index in [0.717, 1.165) is 5.76 Å². The number of hydrogen-bond acceptors (Lipinski definition) is 5. The van der Waals surface area contributed by atoms with E-state index in [1.165, 1.54) is 0 Å². The van der Waals surface area contributed by atoms with E-state index in [2.05, 4.69) is 15.6 Å². The zero-order chi connectivity index (χ0) is 12.3. The molecule has 2 unspecified atom stereocenters. The summed E-state index contributed by atoms with van der Waals surface area (Å²) >= 11 is 0. The molecule has 1 amide bonds. The van der Waals surface area contributed by atoms with Gasteiger partial charge in [0.1, 0.15) is 17.8 Å². The highest BCUT2D eigenvalue weighted by Crippen LogP contribution is 2.12. The molecule has 0 saturated carbocycles. The fraction of sp³-hybridized carbons (Fsp3) is 0.636. The van der Waals surface area contributed by atoms with Crippen LogP contribution in [0.4, 0.5) is 0 Å². The van der Waals surface area contributed by atoms with E-state index in [1.807, 2.05) is 13.8 Å². The van der Waals surface area contributed by atoms with Gasteiger partial charge in [-0.1, -0.05) is 0 Å². The molecular formula is C11H17N3O3. The lowest BCUT2D eigenvalue weighted by atomic mass is 10.2. The fourth-order valence-electron chi connectivity index (χ4n) is 1.68. The molecule has 1 aromatic rings. The molecule has 94 valence electrons. The summed E-state index contributed by atoms with van der Waals surface area (Å²) in [7, 11) is 0. The number of morpholine rings is 1. The van der Waals surface area contributed by atoms with Gasteiger partial charge in [-0.15, -0.1) is 0 Å². The van der Waals surface area contributed by atoms with Crippen LogP contribution in [0, 0.1) is 6.92 Å². The summed E-state index contributed by atoms with van der Waals surface area (Å²) in [6.45, 7) is 5.42. The first kappa shape index (κ1) is 12.1. The van der Waals surface area contributed by atoms with Crippen LogP contribution in [-0.2, 0) is 9.53 Å². The highest BCUT2D eigenvalue weighted by Gasteiger charge is 2.23. The lowest BCUT2D eigenvalue weighted by Gasteiger charge is -2.24. The minimum atomic E-state index is -0.290. The number of carbonyl (C=O) groups excluding carboxylic acids is 1. The Kier molecular flexibility index (Phi) is 3.75. The lowest BCUT2D eigenvalue weighted by molar-refractivity contribution is -0.126. The number of carbonyl (C=O) groups is 1. The van der Waals surface area contributed by atoms with Crippen molar-refractivity contribution in [1.29, 1.82) is 0 Å². The quantitative estimate of drug-likeness (QED) is 0.785. The van der Waals surface area contributed by atoms with Crippen LogP contribution in [0.3, 0.4) is 0 Å². The number of ether oxygens (including phenoxy) is 1. The van der Waals surface area contributed by atoms with Crippen molar-refractivity contribution in [2.45, 2.75) is 25.9 Å². The van der Waals surface area contributed by atoms with Crippen molar-refractivity contribution in [3.05, 3.63) is 17.8 Å². The molecule has 2 atom stereocenters. The summed E-state index contributed by atoms with van der Waals surface area (Å²) in [4.78, 5) is 15.9. The average molecular weight is 239 g/mol. The van der Waals surface area contributed by atoms with Gasteiger partial charge in [0, 0.05) is 6.54 Å². The van der Waals surface area contributed by atoms with E-state index in [0.29, 0.717) is 25.6 Å². The molecule has 6 heteroatoms. The average Bonchev–Trinajstić information content (AvgIpc) is 2.77. The maximum absolute atomic E-state index is 11.9. The third kappa shape index (κ3) is 3.04. The fourth-order valence-corrected chi connectivity index (χ4v) is 1.68. The molecule has 1 fully saturated rings. The molecular weight excluding hydrogens is 222 g/mol. The molecule has 1 saturated heterocycles. The normalized spacial score (nSPS) is 22.1. The lowest BCUT2D eigenvalue weighted by Crippen LogP contribution is -2.51. The number of nitrogens with one attached hydrogen (secondary N) is 2. The molecule has 0 aromatic carbocycles. The van der Waals surface area contributed by atoms with Crippen LogP contribution in [0.25, 0.3) is 0 Å². The molecule has 1 aliphatic heterocycles. The minimum absolute atomic E-state index is 0.0898. The Bertz CT molecular complexity index is 385. The Labute approximate surface area is 99.7 Å². The predicted molar refractivity (Wildman–Crippen MR) is 60.4 cm³/mol. The SMILES string of the molecule is Cc1cnc(C(C)NC(=O)C2COCCN2)o1. The van der Waals surface area contributed by atoms with E-state index < -0.39 is 0 Å². The Balaban J connectivity index is 1.89. The predicted octanol–water partition coefficient (Wildman–Crippen LogP) is 0.149. The van der Waals surface area contributed by atoms with Crippen LogP contribution in [-0.4, -0.2) is 36.7 Å². The van der Waals surface area contributed by atoms with Gasteiger partial charge in [-0.25, -0.2) is 4.98 Å². The molecule has 2 N–H and O–H groups in total. The molecule has 0 spiro atoms. The monoisotopic (exact) mass is 239 g/mol. The summed E-state index contributed by atoms with van der Waals surface area (Å²) in [5.74, 6) is 1.17. The van der Waals surface area contributed by atoms with Gasteiger partial charge in [-0.3, -0.25) is 4.79 Å². The Hall–Kier alpha value is -1.40. The van der Waals surface area contributed by atoms with Crippen molar-refractivity contribution in [3.8, 4) is 0 Å².